The highest BCUT2D eigenvalue weighted by Gasteiger charge is 2.35. The maximum Gasteiger partial charge on any atom is 0.334 e. The first-order valence-electron chi connectivity index (χ1n) is 13.2. The zero-order chi connectivity index (χ0) is 28.8. The summed E-state index contributed by atoms with van der Waals surface area (Å²) in [5, 5.41) is 10.8. The Labute approximate surface area is 228 Å². The van der Waals surface area contributed by atoms with Gasteiger partial charge < -0.3 is 9.84 Å². The summed E-state index contributed by atoms with van der Waals surface area (Å²) in [6, 6.07) is 11.2. The molecule has 0 saturated carbocycles. The fourth-order valence-electron chi connectivity index (χ4n) is 4.95. The molecule has 0 spiro atoms. The fraction of sp³-hybridized carbons (Fsp3) is 0.517. The number of hydrogen-bond acceptors (Lipinski definition) is 6. The molecule has 0 amide bonds. The second-order valence-electron chi connectivity index (χ2n) is 11.7. The van der Waals surface area contributed by atoms with Gasteiger partial charge >= 0.3 is 5.69 Å². The molecule has 0 radical (unpaired) electrons. The third-order valence-electron chi connectivity index (χ3n) is 7.78. The number of nitrogens with zero attached hydrogens (tertiary/aromatic N) is 2. The highest BCUT2D eigenvalue weighted by molar-refractivity contribution is 7.91. The lowest BCUT2D eigenvalue weighted by molar-refractivity contribution is 0.0307. The van der Waals surface area contributed by atoms with Crippen molar-refractivity contribution in [2.24, 2.45) is 5.41 Å². The first kappa shape index (κ1) is 29.0. The molecule has 3 aromatic rings. The van der Waals surface area contributed by atoms with Crippen LogP contribution in [0.5, 0.6) is 5.75 Å². The molecule has 2 heterocycles. The number of imidazole rings is 1. The van der Waals surface area contributed by atoms with Crippen molar-refractivity contribution in [2.45, 2.75) is 71.7 Å². The molecule has 1 aliphatic heterocycles. The van der Waals surface area contributed by atoms with E-state index in [2.05, 4.69) is 0 Å². The summed E-state index contributed by atoms with van der Waals surface area (Å²) in [6.45, 7) is 8.20. The molecule has 1 aliphatic rings. The lowest BCUT2D eigenvalue weighted by Crippen LogP contribution is -2.37. The first-order valence-corrected chi connectivity index (χ1v) is 15.0. The number of Topliss-reactive ketones (excluding diaryl/α,β-unsaturated/α-hetero) is 1. The number of hydrogen-bond donors (Lipinski definition) is 1. The minimum absolute atomic E-state index is 0.0777. The van der Waals surface area contributed by atoms with Gasteiger partial charge in [0.15, 0.2) is 5.78 Å². The molecule has 0 aliphatic carbocycles. The maximum absolute atomic E-state index is 13.8. The van der Waals surface area contributed by atoms with E-state index in [0.717, 1.165) is 0 Å². The average molecular weight is 561 g/mol. The molecule has 2 atom stereocenters. The Bertz CT molecular complexity index is 1530. The van der Waals surface area contributed by atoms with Crippen LogP contribution in [0.25, 0.3) is 16.7 Å². The summed E-state index contributed by atoms with van der Waals surface area (Å²) in [4.78, 5) is 27.2. The van der Waals surface area contributed by atoms with Gasteiger partial charge in [-0.25, -0.2) is 17.6 Å². The lowest BCUT2D eigenvalue weighted by Gasteiger charge is -2.32. The summed E-state index contributed by atoms with van der Waals surface area (Å²) < 4.78 is 45.6. The summed E-state index contributed by atoms with van der Waals surface area (Å²) >= 11 is 0. The van der Waals surface area contributed by atoms with E-state index in [1.165, 1.54) is 16.1 Å². The monoisotopic (exact) mass is 560 g/mol. The molecule has 10 heteroatoms. The topological polar surface area (TPSA) is 108 Å². The van der Waals surface area contributed by atoms with Gasteiger partial charge in [-0.2, -0.15) is 0 Å². The standard InChI is InChI=1S/C29H37FN2O6S/c1-19(30)18-38-23-8-6-7-22(16-23)32-24-10-9-21(15-25(24)31(27(32)34)20(2)28(3,4)35)26(33)17-29(5)11-13-39(36,37)14-12-29/h6-10,15-16,19-20,35H,11-14,17-18H2,1-5H3/t19?,20-/m1/s1. The van der Waals surface area contributed by atoms with E-state index in [4.69, 9.17) is 4.74 Å². The number of sulfone groups is 1. The van der Waals surface area contributed by atoms with Gasteiger partial charge in [0.2, 0.25) is 0 Å². The molecule has 0 bridgehead atoms. The zero-order valence-corrected chi connectivity index (χ0v) is 23.9. The predicted molar refractivity (Wildman–Crippen MR) is 150 cm³/mol. The number of alkyl halides is 1. The van der Waals surface area contributed by atoms with Crippen LogP contribution in [0.1, 0.15) is 70.3 Å². The smallest absolute Gasteiger partial charge is 0.334 e. The van der Waals surface area contributed by atoms with E-state index in [1.54, 1.807) is 63.2 Å². The Hall–Kier alpha value is -2.98. The van der Waals surface area contributed by atoms with Crippen LogP contribution in [-0.2, 0) is 9.84 Å². The molecule has 1 fully saturated rings. The van der Waals surface area contributed by atoms with Crippen molar-refractivity contribution in [2.75, 3.05) is 18.1 Å². The van der Waals surface area contributed by atoms with Crippen molar-refractivity contribution in [3.8, 4) is 11.4 Å². The van der Waals surface area contributed by atoms with Crippen LogP contribution in [0.3, 0.4) is 0 Å². The minimum Gasteiger partial charge on any atom is -0.490 e. The number of rotatable bonds is 9. The minimum atomic E-state index is -3.06. The molecule has 4 rings (SSSR count). The van der Waals surface area contributed by atoms with Crippen LogP contribution >= 0.6 is 0 Å². The second kappa shape index (κ2) is 10.5. The van der Waals surface area contributed by atoms with Gasteiger partial charge in [0, 0.05) is 18.1 Å². The molecule has 39 heavy (non-hydrogen) atoms. The van der Waals surface area contributed by atoms with Gasteiger partial charge in [-0.1, -0.05) is 13.0 Å². The third-order valence-corrected chi connectivity index (χ3v) is 9.43. The first-order chi connectivity index (χ1) is 18.1. The Morgan fingerprint density at radius 2 is 1.79 bits per heavy atom. The number of halogens is 1. The number of ether oxygens (including phenoxy) is 1. The summed E-state index contributed by atoms with van der Waals surface area (Å²) in [5.41, 5.74) is -0.109. The normalized spacial score (nSPS) is 18.5. The number of fused-ring (bicyclic) bond motifs is 1. The van der Waals surface area contributed by atoms with Gasteiger partial charge in [-0.05, 0) is 76.3 Å². The summed E-state index contributed by atoms with van der Waals surface area (Å²) in [7, 11) is -3.06. The van der Waals surface area contributed by atoms with E-state index in [0.29, 0.717) is 40.9 Å². The number of aliphatic hydroxyl groups is 1. The maximum atomic E-state index is 13.8. The summed E-state index contributed by atoms with van der Waals surface area (Å²) in [5.74, 6) is 0.440. The van der Waals surface area contributed by atoms with Gasteiger partial charge in [0.1, 0.15) is 28.4 Å². The van der Waals surface area contributed by atoms with Crippen molar-refractivity contribution in [3.05, 3.63) is 58.5 Å². The Morgan fingerprint density at radius 3 is 2.41 bits per heavy atom. The van der Waals surface area contributed by atoms with E-state index in [9.17, 15) is 27.5 Å². The van der Waals surface area contributed by atoms with Crippen LogP contribution in [0.2, 0.25) is 0 Å². The average Bonchev–Trinajstić information content (AvgIpc) is 3.14. The molecule has 1 saturated heterocycles. The zero-order valence-electron chi connectivity index (χ0n) is 23.1. The lowest BCUT2D eigenvalue weighted by atomic mass is 9.78. The van der Waals surface area contributed by atoms with Crippen LogP contribution in [0, 0.1) is 5.41 Å². The van der Waals surface area contributed by atoms with Gasteiger partial charge in [0.05, 0.1) is 39.9 Å². The molecule has 2 aromatic carbocycles. The second-order valence-corrected chi connectivity index (χ2v) is 14.0. The van der Waals surface area contributed by atoms with Crippen LogP contribution in [0.4, 0.5) is 4.39 Å². The SMILES string of the molecule is CC(F)COc1cccc(-n2c(=O)n([C@H](C)C(C)(C)O)c3cc(C(=O)CC4(C)CCS(=O)(=O)CC4)ccc32)c1. The van der Waals surface area contributed by atoms with Crippen molar-refractivity contribution in [3.63, 3.8) is 0 Å². The largest absolute Gasteiger partial charge is 0.490 e. The van der Waals surface area contributed by atoms with Gasteiger partial charge in [-0.15, -0.1) is 0 Å². The number of benzene rings is 2. The van der Waals surface area contributed by atoms with E-state index < -0.39 is 38.8 Å². The fourth-order valence-corrected chi connectivity index (χ4v) is 6.76. The molecule has 1 unspecified atom stereocenters. The molecule has 1 aromatic heterocycles. The van der Waals surface area contributed by atoms with Crippen molar-refractivity contribution < 1.29 is 27.4 Å². The molecule has 212 valence electrons. The van der Waals surface area contributed by atoms with Crippen LogP contribution in [-0.4, -0.2) is 58.3 Å². The van der Waals surface area contributed by atoms with E-state index in [1.807, 2.05) is 6.92 Å². The van der Waals surface area contributed by atoms with Crippen LogP contribution in [0.15, 0.2) is 47.3 Å². The quantitative estimate of drug-likeness (QED) is 0.382. The van der Waals surface area contributed by atoms with E-state index >= 15 is 0 Å². The number of ketones is 1. The Morgan fingerprint density at radius 1 is 1.13 bits per heavy atom. The molecular weight excluding hydrogens is 523 g/mol. The van der Waals surface area contributed by atoms with Crippen molar-refractivity contribution in [1.82, 2.24) is 9.13 Å². The van der Waals surface area contributed by atoms with Crippen molar-refractivity contribution >= 4 is 26.7 Å². The number of carbonyl (C=O) groups excluding carboxylic acids is 1. The summed E-state index contributed by atoms with van der Waals surface area (Å²) in [6.07, 6.45) is -0.0894. The Balaban J connectivity index is 1.79. The predicted octanol–water partition coefficient (Wildman–Crippen LogP) is 4.65. The highest BCUT2D eigenvalue weighted by Crippen LogP contribution is 2.37. The van der Waals surface area contributed by atoms with Crippen molar-refractivity contribution in [1.29, 1.82) is 0 Å². The van der Waals surface area contributed by atoms with Gasteiger partial charge in [-0.3, -0.25) is 13.9 Å². The van der Waals surface area contributed by atoms with E-state index in [-0.39, 0.29) is 30.3 Å². The van der Waals surface area contributed by atoms with Gasteiger partial charge in [0.25, 0.3) is 0 Å². The third kappa shape index (κ3) is 6.27. The molecule has 1 N–H and O–H groups in total. The van der Waals surface area contributed by atoms with Crippen LogP contribution < -0.4 is 10.4 Å². The molecule has 8 nitrogen and oxygen atoms in total. The number of carbonyl (C=O) groups is 1. The number of aromatic nitrogens is 2. The molecular formula is C29H37FN2O6S. The Kier molecular flexibility index (Phi) is 7.84. The highest BCUT2D eigenvalue weighted by atomic mass is 32.2.